The molecule has 4 aromatic carbocycles. The first kappa shape index (κ1) is 16.1. The molecule has 0 heterocycles. The average Bonchev–Trinajstić information content (AvgIpc) is 3.14. The van der Waals surface area contributed by atoms with Crippen LogP contribution in [0, 0.1) is 3.57 Å². The molecule has 0 amide bonds. The Kier molecular flexibility index (Phi) is 3.31. The fourth-order valence-electron chi connectivity index (χ4n) is 5.08. The molecule has 2 heteroatoms. The van der Waals surface area contributed by atoms with Gasteiger partial charge in [0, 0.05) is 8.04 Å². The van der Waals surface area contributed by atoms with Crippen molar-refractivity contribution in [2.45, 2.75) is 5.41 Å². The van der Waals surface area contributed by atoms with E-state index in [4.69, 9.17) is 0 Å². The minimum Gasteiger partial charge on any atom is -0.0619 e. The van der Waals surface area contributed by atoms with Gasteiger partial charge < -0.3 is 0 Å². The first-order chi connectivity index (χ1) is 13.2. The Balaban J connectivity index is 1.88. The first-order valence-corrected chi connectivity index (χ1v) is 10.9. The lowest BCUT2D eigenvalue weighted by Crippen LogP contribution is -2.26. The van der Waals surface area contributed by atoms with Crippen LogP contribution in [0.15, 0.2) is 89.4 Å². The van der Waals surface area contributed by atoms with E-state index < -0.39 is 0 Å². The van der Waals surface area contributed by atoms with E-state index in [2.05, 4.69) is 123 Å². The molecular formula is C25H14BrI. The van der Waals surface area contributed by atoms with Crippen molar-refractivity contribution in [2.24, 2.45) is 0 Å². The maximum absolute atomic E-state index is 3.73. The fraction of sp³-hybridized carbons (Fsp3) is 0.0400. The molecule has 128 valence electrons. The molecule has 27 heavy (non-hydrogen) atoms. The van der Waals surface area contributed by atoms with Gasteiger partial charge in [0.1, 0.15) is 0 Å². The summed E-state index contributed by atoms with van der Waals surface area (Å²) in [5.74, 6) is 0. The summed E-state index contributed by atoms with van der Waals surface area (Å²) < 4.78 is 2.41. The number of fused-ring (bicyclic) bond motifs is 10. The largest absolute Gasteiger partial charge is 0.0726 e. The maximum Gasteiger partial charge on any atom is 0.0726 e. The lowest BCUT2D eigenvalue weighted by Gasteiger charge is -2.30. The van der Waals surface area contributed by atoms with Gasteiger partial charge in [-0.05, 0) is 91.4 Å². The van der Waals surface area contributed by atoms with E-state index in [1.165, 1.54) is 48.1 Å². The van der Waals surface area contributed by atoms with Gasteiger partial charge in [-0.25, -0.2) is 0 Å². The number of hydrogen-bond acceptors (Lipinski definition) is 0. The molecule has 0 unspecified atom stereocenters. The topological polar surface area (TPSA) is 0 Å². The van der Waals surface area contributed by atoms with Gasteiger partial charge in [0.15, 0.2) is 0 Å². The smallest absolute Gasteiger partial charge is 0.0619 e. The second kappa shape index (κ2) is 5.55. The van der Waals surface area contributed by atoms with Crippen LogP contribution in [0.3, 0.4) is 0 Å². The van der Waals surface area contributed by atoms with Crippen molar-refractivity contribution in [3.8, 4) is 22.3 Å². The number of benzene rings is 4. The van der Waals surface area contributed by atoms with Gasteiger partial charge in [0.05, 0.1) is 5.41 Å². The highest BCUT2D eigenvalue weighted by Gasteiger charge is 2.51. The van der Waals surface area contributed by atoms with Gasteiger partial charge >= 0.3 is 0 Å². The summed E-state index contributed by atoms with van der Waals surface area (Å²) in [4.78, 5) is 0. The molecule has 2 aliphatic carbocycles. The molecule has 0 fully saturated rings. The summed E-state index contributed by atoms with van der Waals surface area (Å²) in [6.45, 7) is 0. The van der Waals surface area contributed by atoms with Gasteiger partial charge in [-0.3, -0.25) is 0 Å². The lowest BCUT2D eigenvalue weighted by atomic mass is 9.70. The van der Waals surface area contributed by atoms with E-state index in [0.717, 1.165) is 4.47 Å². The van der Waals surface area contributed by atoms with Gasteiger partial charge in [-0.15, -0.1) is 0 Å². The van der Waals surface area contributed by atoms with Crippen molar-refractivity contribution in [2.75, 3.05) is 0 Å². The van der Waals surface area contributed by atoms with E-state index in [-0.39, 0.29) is 5.41 Å². The molecular weight excluding hydrogens is 507 g/mol. The van der Waals surface area contributed by atoms with Crippen LogP contribution in [0.4, 0.5) is 0 Å². The number of hydrogen-bond donors (Lipinski definition) is 0. The van der Waals surface area contributed by atoms with Crippen LogP contribution in [-0.2, 0) is 5.41 Å². The molecule has 4 aromatic rings. The molecule has 0 atom stereocenters. The van der Waals surface area contributed by atoms with Crippen molar-refractivity contribution in [3.63, 3.8) is 0 Å². The van der Waals surface area contributed by atoms with Crippen molar-refractivity contribution >= 4 is 38.5 Å². The summed E-state index contributed by atoms with van der Waals surface area (Å²) in [5, 5.41) is 0. The zero-order chi connectivity index (χ0) is 18.2. The van der Waals surface area contributed by atoms with Gasteiger partial charge in [-0.1, -0.05) is 76.6 Å². The Labute approximate surface area is 180 Å². The number of halogens is 2. The summed E-state index contributed by atoms with van der Waals surface area (Å²) >= 11 is 6.17. The molecule has 0 saturated carbocycles. The van der Waals surface area contributed by atoms with E-state index in [1.54, 1.807) is 0 Å². The van der Waals surface area contributed by atoms with Crippen LogP contribution in [-0.4, -0.2) is 0 Å². The third-order valence-electron chi connectivity index (χ3n) is 6.01. The van der Waals surface area contributed by atoms with Gasteiger partial charge in [0.25, 0.3) is 0 Å². The highest BCUT2D eigenvalue weighted by Crippen LogP contribution is 2.62. The second-order valence-corrected chi connectivity index (χ2v) is 9.38. The van der Waals surface area contributed by atoms with Crippen molar-refractivity contribution in [1.82, 2.24) is 0 Å². The van der Waals surface area contributed by atoms with E-state index in [9.17, 15) is 0 Å². The summed E-state index contributed by atoms with van der Waals surface area (Å²) in [6, 6.07) is 31.5. The third-order valence-corrected chi connectivity index (χ3v) is 7.18. The summed E-state index contributed by atoms with van der Waals surface area (Å²) in [6.07, 6.45) is 0. The monoisotopic (exact) mass is 520 g/mol. The number of rotatable bonds is 0. The third kappa shape index (κ3) is 1.93. The molecule has 0 N–H and O–H groups in total. The van der Waals surface area contributed by atoms with Crippen molar-refractivity contribution in [3.05, 3.63) is 115 Å². The molecule has 0 aliphatic heterocycles. The predicted octanol–water partition coefficient (Wildman–Crippen LogP) is 7.40. The molecule has 6 rings (SSSR count). The molecule has 0 bridgehead atoms. The van der Waals surface area contributed by atoms with Gasteiger partial charge in [-0.2, -0.15) is 0 Å². The molecule has 0 nitrogen and oxygen atoms in total. The highest BCUT2D eigenvalue weighted by molar-refractivity contribution is 14.1. The maximum atomic E-state index is 3.73. The Morgan fingerprint density at radius 1 is 0.556 bits per heavy atom. The average molecular weight is 521 g/mol. The molecule has 0 radical (unpaired) electrons. The van der Waals surface area contributed by atoms with Crippen LogP contribution in [0.2, 0.25) is 0 Å². The van der Waals surface area contributed by atoms with Crippen LogP contribution in [0.5, 0.6) is 0 Å². The van der Waals surface area contributed by atoms with Gasteiger partial charge in [0.2, 0.25) is 0 Å². The van der Waals surface area contributed by atoms with Crippen molar-refractivity contribution < 1.29 is 0 Å². The SMILES string of the molecule is Brc1ccc2c(c1)C1(c3ccccc3-c3ccccc31)c1cc(I)ccc1-2. The zero-order valence-corrected chi connectivity index (χ0v) is 18.1. The molecule has 0 aromatic heterocycles. The Bertz CT molecular complexity index is 1160. The lowest BCUT2D eigenvalue weighted by molar-refractivity contribution is 0.792. The van der Waals surface area contributed by atoms with E-state index in [0.29, 0.717) is 0 Å². The normalized spacial score (nSPS) is 14.6. The fourth-order valence-corrected chi connectivity index (χ4v) is 5.94. The van der Waals surface area contributed by atoms with Crippen LogP contribution < -0.4 is 0 Å². The Morgan fingerprint density at radius 3 is 1.74 bits per heavy atom. The molecule has 1 spiro atoms. The van der Waals surface area contributed by atoms with Crippen molar-refractivity contribution in [1.29, 1.82) is 0 Å². The Morgan fingerprint density at radius 2 is 1.07 bits per heavy atom. The van der Waals surface area contributed by atoms with E-state index in [1.807, 2.05) is 0 Å². The molecule has 2 aliphatic rings. The van der Waals surface area contributed by atoms with E-state index >= 15 is 0 Å². The zero-order valence-electron chi connectivity index (χ0n) is 14.3. The summed E-state index contributed by atoms with van der Waals surface area (Å²) in [5.41, 5.74) is 10.7. The van der Waals surface area contributed by atoms with Crippen LogP contribution in [0.1, 0.15) is 22.3 Å². The minimum absolute atomic E-state index is 0.233. The molecule has 0 saturated heterocycles. The van der Waals surface area contributed by atoms with Crippen LogP contribution in [0.25, 0.3) is 22.3 Å². The minimum atomic E-state index is -0.233. The summed E-state index contributed by atoms with van der Waals surface area (Å²) in [7, 11) is 0. The standard InChI is InChI=1S/C25H14BrI/c26-15-9-11-19-20-12-10-16(27)14-24(20)25(23(19)13-15)21-7-3-1-5-17(21)18-6-2-4-8-22(18)25/h1-14H. The first-order valence-electron chi connectivity index (χ1n) is 9.01. The second-order valence-electron chi connectivity index (χ2n) is 7.22. The Hall–Kier alpha value is -1.91. The highest BCUT2D eigenvalue weighted by atomic mass is 127. The van der Waals surface area contributed by atoms with Crippen LogP contribution >= 0.6 is 38.5 Å². The quantitative estimate of drug-likeness (QED) is 0.183. The predicted molar refractivity (Wildman–Crippen MR) is 123 cm³/mol.